The molecule has 21 heavy (non-hydrogen) atoms. The third-order valence-electron chi connectivity index (χ3n) is 4.85. The van der Waals surface area contributed by atoms with Crippen molar-refractivity contribution in [1.82, 2.24) is 4.90 Å². The summed E-state index contributed by atoms with van der Waals surface area (Å²) in [6, 6.07) is 11.3. The van der Waals surface area contributed by atoms with Crippen molar-refractivity contribution >= 4 is 5.69 Å². The topological polar surface area (TPSA) is 39.5 Å². The Labute approximate surface area is 126 Å². The van der Waals surface area contributed by atoms with Crippen LogP contribution in [0.25, 0.3) is 0 Å². The van der Waals surface area contributed by atoms with Crippen LogP contribution in [0.5, 0.6) is 5.75 Å². The van der Waals surface area contributed by atoms with E-state index in [0.29, 0.717) is 6.04 Å². The average molecular weight is 285 g/mol. The number of nitriles is 1. The van der Waals surface area contributed by atoms with Crippen LogP contribution in [0.15, 0.2) is 24.3 Å². The Kier molecular flexibility index (Phi) is 4.31. The van der Waals surface area contributed by atoms with Gasteiger partial charge in [-0.25, -0.2) is 0 Å². The Hall–Kier alpha value is -1.73. The molecule has 2 unspecified atom stereocenters. The second-order valence-electron chi connectivity index (χ2n) is 5.96. The van der Waals surface area contributed by atoms with E-state index in [9.17, 15) is 5.26 Å². The molecule has 1 heterocycles. The first-order valence-electron chi connectivity index (χ1n) is 7.84. The highest BCUT2D eigenvalue weighted by Crippen LogP contribution is 2.31. The van der Waals surface area contributed by atoms with Crippen molar-refractivity contribution in [3.63, 3.8) is 0 Å². The van der Waals surface area contributed by atoms with Gasteiger partial charge in [0.25, 0.3) is 0 Å². The standard InChI is InChI=1S/C17H23N3O/c1-21-16-6-3-5-15(12-16)19-8-10-20(11-9-19)17-7-2-4-14(17)13-18/h3,5-6,12,14,17H,2,4,7-11H2,1H3. The first-order valence-corrected chi connectivity index (χ1v) is 7.84. The second-order valence-corrected chi connectivity index (χ2v) is 5.96. The van der Waals surface area contributed by atoms with Crippen LogP contribution in [-0.2, 0) is 0 Å². The molecule has 1 aromatic rings. The molecule has 1 aliphatic carbocycles. The molecular formula is C17H23N3O. The maximum atomic E-state index is 9.25. The van der Waals surface area contributed by atoms with Crippen LogP contribution in [0, 0.1) is 17.2 Å². The van der Waals surface area contributed by atoms with Gasteiger partial charge in [0, 0.05) is 44.0 Å². The molecule has 2 aliphatic rings. The Balaban J connectivity index is 1.61. The van der Waals surface area contributed by atoms with Gasteiger partial charge in [-0.3, -0.25) is 4.90 Å². The monoisotopic (exact) mass is 285 g/mol. The van der Waals surface area contributed by atoms with E-state index in [0.717, 1.165) is 38.3 Å². The van der Waals surface area contributed by atoms with Gasteiger partial charge >= 0.3 is 0 Å². The zero-order valence-electron chi connectivity index (χ0n) is 12.7. The molecule has 2 fully saturated rings. The fourth-order valence-electron chi connectivity index (χ4n) is 3.65. The van der Waals surface area contributed by atoms with Gasteiger partial charge in [0.05, 0.1) is 19.1 Å². The molecule has 0 N–H and O–H groups in total. The first kappa shape index (κ1) is 14.2. The summed E-state index contributed by atoms with van der Waals surface area (Å²) in [6.07, 6.45) is 3.48. The predicted octanol–water partition coefficient (Wildman–Crippen LogP) is 2.51. The summed E-state index contributed by atoms with van der Waals surface area (Å²) in [4.78, 5) is 4.94. The summed E-state index contributed by atoms with van der Waals surface area (Å²) in [5.74, 6) is 1.16. The van der Waals surface area contributed by atoms with Crippen LogP contribution in [0.3, 0.4) is 0 Å². The maximum Gasteiger partial charge on any atom is 0.120 e. The number of methoxy groups -OCH3 is 1. The highest BCUT2D eigenvalue weighted by Gasteiger charge is 2.33. The highest BCUT2D eigenvalue weighted by atomic mass is 16.5. The fraction of sp³-hybridized carbons (Fsp3) is 0.588. The van der Waals surface area contributed by atoms with Crippen LogP contribution < -0.4 is 9.64 Å². The average Bonchev–Trinajstić information content (AvgIpc) is 3.03. The predicted molar refractivity (Wildman–Crippen MR) is 83.5 cm³/mol. The molecule has 4 nitrogen and oxygen atoms in total. The van der Waals surface area contributed by atoms with Gasteiger partial charge in [0.1, 0.15) is 5.75 Å². The molecular weight excluding hydrogens is 262 g/mol. The Morgan fingerprint density at radius 3 is 2.71 bits per heavy atom. The number of nitrogens with zero attached hydrogens (tertiary/aromatic N) is 3. The van der Waals surface area contributed by atoms with Crippen LogP contribution in [0.2, 0.25) is 0 Å². The van der Waals surface area contributed by atoms with Crippen molar-refractivity contribution in [2.45, 2.75) is 25.3 Å². The quantitative estimate of drug-likeness (QED) is 0.855. The molecule has 3 rings (SSSR count). The summed E-state index contributed by atoms with van der Waals surface area (Å²) >= 11 is 0. The maximum absolute atomic E-state index is 9.25. The van der Waals surface area contributed by atoms with E-state index >= 15 is 0 Å². The molecule has 1 saturated heterocycles. The van der Waals surface area contributed by atoms with Gasteiger partial charge in [-0.05, 0) is 25.0 Å². The van der Waals surface area contributed by atoms with E-state index in [4.69, 9.17) is 4.74 Å². The molecule has 1 saturated carbocycles. The Morgan fingerprint density at radius 1 is 1.19 bits per heavy atom. The minimum absolute atomic E-state index is 0.244. The second kappa shape index (κ2) is 6.36. The molecule has 0 spiro atoms. The van der Waals surface area contributed by atoms with Gasteiger partial charge in [0.2, 0.25) is 0 Å². The van der Waals surface area contributed by atoms with E-state index < -0.39 is 0 Å². The van der Waals surface area contributed by atoms with Crippen molar-refractivity contribution in [3.8, 4) is 11.8 Å². The van der Waals surface area contributed by atoms with Crippen molar-refractivity contribution in [2.24, 2.45) is 5.92 Å². The van der Waals surface area contributed by atoms with Crippen LogP contribution in [-0.4, -0.2) is 44.2 Å². The molecule has 0 amide bonds. The van der Waals surface area contributed by atoms with E-state index in [2.05, 4.69) is 28.0 Å². The normalized spacial score (nSPS) is 26.6. The summed E-state index contributed by atoms with van der Waals surface area (Å²) in [6.45, 7) is 4.17. The molecule has 112 valence electrons. The van der Waals surface area contributed by atoms with Crippen molar-refractivity contribution in [2.75, 3.05) is 38.2 Å². The molecule has 0 aromatic heterocycles. The van der Waals surface area contributed by atoms with E-state index in [1.165, 1.54) is 18.5 Å². The highest BCUT2D eigenvalue weighted by molar-refractivity contribution is 5.51. The Bertz CT molecular complexity index is 517. The smallest absolute Gasteiger partial charge is 0.120 e. The number of benzene rings is 1. The lowest BCUT2D eigenvalue weighted by Crippen LogP contribution is -2.51. The number of ether oxygens (including phenoxy) is 1. The van der Waals surface area contributed by atoms with E-state index in [1.807, 2.05) is 12.1 Å². The molecule has 1 aliphatic heterocycles. The number of piperazine rings is 1. The zero-order chi connectivity index (χ0) is 14.7. The minimum Gasteiger partial charge on any atom is -0.497 e. The summed E-state index contributed by atoms with van der Waals surface area (Å²) < 4.78 is 5.30. The van der Waals surface area contributed by atoms with Crippen LogP contribution in [0.1, 0.15) is 19.3 Å². The van der Waals surface area contributed by atoms with Gasteiger partial charge < -0.3 is 9.64 Å². The lowest BCUT2D eigenvalue weighted by Gasteiger charge is -2.40. The first-order chi connectivity index (χ1) is 10.3. The zero-order valence-corrected chi connectivity index (χ0v) is 12.7. The Morgan fingerprint density at radius 2 is 2.00 bits per heavy atom. The van der Waals surface area contributed by atoms with Crippen LogP contribution in [0.4, 0.5) is 5.69 Å². The molecule has 0 radical (unpaired) electrons. The van der Waals surface area contributed by atoms with Crippen molar-refractivity contribution in [3.05, 3.63) is 24.3 Å². The lowest BCUT2D eigenvalue weighted by atomic mass is 10.0. The van der Waals surface area contributed by atoms with Gasteiger partial charge in [-0.15, -0.1) is 0 Å². The molecule has 1 aromatic carbocycles. The van der Waals surface area contributed by atoms with Gasteiger partial charge in [-0.1, -0.05) is 12.5 Å². The lowest BCUT2D eigenvalue weighted by molar-refractivity contribution is 0.168. The summed E-state index contributed by atoms with van der Waals surface area (Å²) in [5.41, 5.74) is 1.23. The fourth-order valence-corrected chi connectivity index (χ4v) is 3.65. The van der Waals surface area contributed by atoms with Crippen molar-refractivity contribution in [1.29, 1.82) is 5.26 Å². The third kappa shape index (κ3) is 2.98. The number of anilines is 1. The SMILES string of the molecule is COc1cccc(N2CCN(C3CCCC3C#N)CC2)c1. The summed E-state index contributed by atoms with van der Waals surface area (Å²) in [7, 11) is 1.71. The molecule has 2 atom stereocenters. The number of hydrogen-bond donors (Lipinski definition) is 0. The van der Waals surface area contributed by atoms with Crippen molar-refractivity contribution < 1.29 is 4.74 Å². The van der Waals surface area contributed by atoms with Gasteiger partial charge in [0.15, 0.2) is 0 Å². The third-order valence-corrected chi connectivity index (χ3v) is 4.85. The number of hydrogen-bond acceptors (Lipinski definition) is 4. The largest absolute Gasteiger partial charge is 0.497 e. The van der Waals surface area contributed by atoms with Crippen LogP contribution >= 0.6 is 0 Å². The van der Waals surface area contributed by atoms with Gasteiger partial charge in [-0.2, -0.15) is 5.26 Å². The van der Waals surface area contributed by atoms with E-state index in [-0.39, 0.29) is 5.92 Å². The summed E-state index contributed by atoms with van der Waals surface area (Å²) in [5, 5.41) is 9.25. The minimum atomic E-state index is 0.244. The molecule has 4 heteroatoms. The van der Waals surface area contributed by atoms with E-state index in [1.54, 1.807) is 7.11 Å². The number of rotatable bonds is 3. The molecule has 0 bridgehead atoms.